The van der Waals surface area contributed by atoms with Crippen LogP contribution >= 0.6 is 0 Å². The van der Waals surface area contributed by atoms with E-state index in [1.54, 1.807) is 6.07 Å². The first kappa shape index (κ1) is 13.8. The van der Waals surface area contributed by atoms with Crippen LogP contribution in [0.15, 0.2) is 18.2 Å². The second-order valence-electron chi connectivity index (χ2n) is 5.01. The molecule has 5 nitrogen and oxygen atoms in total. The number of nitro benzene ring substituents is 1. The van der Waals surface area contributed by atoms with Crippen molar-refractivity contribution >= 4 is 11.4 Å². The number of aliphatic hydroxyl groups is 1. The molecule has 1 saturated carbocycles. The summed E-state index contributed by atoms with van der Waals surface area (Å²) in [6.07, 6.45) is 4.56. The summed E-state index contributed by atoms with van der Waals surface area (Å²) in [6.45, 7) is 2.94. The van der Waals surface area contributed by atoms with Gasteiger partial charge in [-0.25, -0.2) is 0 Å². The van der Waals surface area contributed by atoms with Crippen molar-refractivity contribution < 1.29 is 10.0 Å². The molecule has 1 N–H and O–H groups in total. The Morgan fingerprint density at radius 2 is 2.21 bits per heavy atom. The maximum atomic E-state index is 10.8. The Kier molecular flexibility index (Phi) is 4.37. The van der Waals surface area contributed by atoms with Gasteiger partial charge >= 0.3 is 0 Å². The molecule has 0 amide bonds. The van der Waals surface area contributed by atoms with Crippen molar-refractivity contribution in [2.24, 2.45) is 0 Å². The lowest BCUT2D eigenvalue weighted by Gasteiger charge is -2.26. The molecule has 1 fully saturated rings. The van der Waals surface area contributed by atoms with Gasteiger partial charge in [-0.2, -0.15) is 0 Å². The van der Waals surface area contributed by atoms with Gasteiger partial charge in [-0.3, -0.25) is 10.1 Å². The minimum atomic E-state index is -0.420. The minimum absolute atomic E-state index is 0.0408. The summed E-state index contributed by atoms with van der Waals surface area (Å²) in [7, 11) is 0. The van der Waals surface area contributed by atoms with Gasteiger partial charge in [-0.1, -0.05) is 13.3 Å². The highest BCUT2D eigenvalue weighted by Gasteiger charge is 2.30. The van der Waals surface area contributed by atoms with E-state index in [-0.39, 0.29) is 12.3 Å². The zero-order valence-electron chi connectivity index (χ0n) is 11.2. The van der Waals surface area contributed by atoms with Crippen LogP contribution in [-0.2, 0) is 6.61 Å². The van der Waals surface area contributed by atoms with Crippen molar-refractivity contribution in [3.8, 4) is 0 Å². The van der Waals surface area contributed by atoms with Gasteiger partial charge in [0.1, 0.15) is 0 Å². The van der Waals surface area contributed by atoms with Gasteiger partial charge < -0.3 is 10.0 Å². The number of hydrogen-bond acceptors (Lipinski definition) is 4. The molecular formula is C14H20N2O3. The van der Waals surface area contributed by atoms with E-state index in [1.807, 2.05) is 0 Å². The molecule has 0 bridgehead atoms. The molecule has 2 rings (SSSR count). The average molecular weight is 264 g/mol. The predicted octanol–water partition coefficient (Wildman–Crippen LogP) is 2.86. The van der Waals surface area contributed by atoms with Crippen LogP contribution in [0.5, 0.6) is 0 Å². The summed E-state index contributed by atoms with van der Waals surface area (Å²) >= 11 is 0. The van der Waals surface area contributed by atoms with E-state index >= 15 is 0 Å². The smallest absolute Gasteiger partial charge is 0.269 e. The van der Waals surface area contributed by atoms with Crippen LogP contribution in [0.2, 0.25) is 0 Å². The number of non-ortho nitro benzene ring substituents is 1. The molecule has 1 aliphatic rings. The third kappa shape index (κ3) is 3.23. The molecule has 5 heteroatoms. The molecule has 0 saturated heterocycles. The number of anilines is 1. The minimum Gasteiger partial charge on any atom is -0.392 e. The monoisotopic (exact) mass is 264 g/mol. The van der Waals surface area contributed by atoms with E-state index in [2.05, 4.69) is 11.8 Å². The number of nitrogens with zero attached hydrogens (tertiary/aromatic N) is 2. The van der Waals surface area contributed by atoms with Gasteiger partial charge in [0.15, 0.2) is 0 Å². The molecular weight excluding hydrogens is 244 g/mol. The van der Waals surface area contributed by atoms with Gasteiger partial charge in [0.25, 0.3) is 5.69 Å². The van der Waals surface area contributed by atoms with Gasteiger partial charge in [0.05, 0.1) is 11.5 Å². The topological polar surface area (TPSA) is 66.6 Å². The van der Waals surface area contributed by atoms with E-state index in [0.29, 0.717) is 11.6 Å². The summed E-state index contributed by atoms with van der Waals surface area (Å²) in [4.78, 5) is 12.6. The zero-order valence-corrected chi connectivity index (χ0v) is 11.2. The highest BCUT2D eigenvalue weighted by atomic mass is 16.6. The Labute approximate surface area is 113 Å². The van der Waals surface area contributed by atoms with Crippen LogP contribution in [0.4, 0.5) is 11.4 Å². The van der Waals surface area contributed by atoms with Crippen molar-refractivity contribution in [3.05, 3.63) is 33.9 Å². The summed E-state index contributed by atoms with van der Waals surface area (Å²) < 4.78 is 0. The Balaban J connectivity index is 2.27. The first-order valence-corrected chi connectivity index (χ1v) is 6.82. The van der Waals surface area contributed by atoms with Gasteiger partial charge in [-0.05, 0) is 25.3 Å². The molecule has 0 spiro atoms. The normalized spacial score (nSPS) is 14.4. The fourth-order valence-corrected chi connectivity index (χ4v) is 2.31. The summed E-state index contributed by atoms with van der Waals surface area (Å²) in [5.74, 6) is 0. The zero-order chi connectivity index (χ0) is 13.8. The van der Waals surface area contributed by atoms with Gasteiger partial charge in [0.2, 0.25) is 0 Å². The molecule has 0 heterocycles. The number of hydrogen-bond donors (Lipinski definition) is 1. The van der Waals surface area contributed by atoms with E-state index in [0.717, 1.165) is 25.1 Å². The predicted molar refractivity (Wildman–Crippen MR) is 74.3 cm³/mol. The maximum Gasteiger partial charge on any atom is 0.269 e. The lowest BCUT2D eigenvalue weighted by atomic mass is 10.1. The standard InChI is InChI=1S/C14H20N2O3/c1-2-3-8-15(12-4-5-12)14-7-6-13(16(18)19)9-11(14)10-17/h6-7,9,12,17H,2-5,8,10H2,1H3. The molecule has 104 valence electrons. The van der Waals surface area contributed by atoms with Crippen molar-refractivity contribution in [1.82, 2.24) is 0 Å². The third-order valence-electron chi connectivity index (χ3n) is 3.49. The lowest BCUT2D eigenvalue weighted by molar-refractivity contribution is -0.384. The SMILES string of the molecule is CCCCN(c1ccc([N+](=O)[O-])cc1CO)C1CC1. The second-order valence-corrected chi connectivity index (χ2v) is 5.01. The average Bonchev–Trinajstić information content (AvgIpc) is 3.23. The molecule has 19 heavy (non-hydrogen) atoms. The first-order valence-electron chi connectivity index (χ1n) is 6.82. The van der Waals surface area contributed by atoms with Crippen LogP contribution in [0.25, 0.3) is 0 Å². The van der Waals surface area contributed by atoms with Crippen molar-refractivity contribution in [2.75, 3.05) is 11.4 Å². The summed E-state index contributed by atoms with van der Waals surface area (Å²) in [5, 5.41) is 20.2. The Hall–Kier alpha value is -1.62. The van der Waals surface area contributed by atoms with Crippen LogP contribution in [-0.4, -0.2) is 22.6 Å². The quantitative estimate of drug-likeness (QED) is 0.607. The van der Waals surface area contributed by atoms with E-state index < -0.39 is 4.92 Å². The fraction of sp³-hybridized carbons (Fsp3) is 0.571. The Morgan fingerprint density at radius 1 is 1.47 bits per heavy atom. The van der Waals surface area contributed by atoms with Gasteiger partial charge in [-0.15, -0.1) is 0 Å². The van der Waals surface area contributed by atoms with Crippen molar-refractivity contribution in [2.45, 2.75) is 45.3 Å². The largest absolute Gasteiger partial charge is 0.392 e. The Morgan fingerprint density at radius 3 is 2.74 bits per heavy atom. The molecule has 0 atom stereocenters. The fourth-order valence-electron chi connectivity index (χ4n) is 2.31. The van der Waals surface area contributed by atoms with Crippen LogP contribution in [0.1, 0.15) is 38.2 Å². The van der Waals surface area contributed by atoms with Crippen LogP contribution in [0.3, 0.4) is 0 Å². The lowest BCUT2D eigenvalue weighted by Crippen LogP contribution is -2.27. The molecule has 0 radical (unpaired) electrons. The van der Waals surface area contributed by atoms with Gasteiger partial charge in [0, 0.05) is 36.0 Å². The highest BCUT2D eigenvalue weighted by molar-refractivity contribution is 5.59. The van der Waals surface area contributed by atoms with Crippen LogP contribution < -0.4 is 4.90 Å². The Bertz CT molecular complexity index is 458. The molecule has 0 aromatic heterocycles. The second kappa shape index (κ2) is 6.02. The maximum absolute atomic E-state index is 10.8. The summed E-state index contributed by atoms with van der Waals surface area (Å²) in [6, 6.07) is 5.32. The molecule has 0 unspecified atom stereocenters. The molecule has 1 aromatic rings. The summed E-state index contributed by atoms with van der Waals surface area (Å²) in [5.41, 5.74) is 1.64. The molecule has 0 aliphatic heterocycles. The number of nitro groups is 1. The van der Waals surface area contributed by atoms with E-state index in [4.69, 9.17) is 0 Å². The third-order valence-corrected chi connectivity index (χ3v) is 3.49. The molecule has 1 aliphatic carbocycles. The van der Waals surface area contributed by atoms with Crippen molar-refractivity contribution in [1.29, 1.82) is 0 Å². The first-order chi connectivity index (χ1) is 9.17. The number of aliphatic hydroxyl groups excluding tert-OH is 1. The highest BCUT2D eigenvalue weighted by Crippen LogP contribution is 2.35. The van der Waals surface area contributed by atoms with E-state index in [9.17, 15) is 15.2 Å². The van der Waals surface area contributed by atoms with E-state index in [1.165, 1.54) is 25.0 Å². The number of unbranched alkanes of at least 4 members (excludes halogenated alkanes) is 1. The van der Waals surface area contributed by atoms with Crippen molar-refractivity contribution in [3.63, 3.8) is 0 Å². The number of rotatable bonds is 7. The van der Waals surface area contributed by atoms with Crippen LogP contribution in [0, 0.1) is 10.1 Å². The number of benzene rings is 1. The molecule has 1 aromatic carbocycles.